The van der Waals surface area contributed by atoms with E-state index in [1.165, 1.54) is 6.07 Å². The van der Waals surface area contributed by atoms with Gasteiger partial charge >= 0.3 is 0 Å². The van der Waals surface area contributed by atoms with Gasteiger partial charge in [-0.3, -0.25) is 4.98 Å². The van der Waals surface area contributed by atoms with Crippen LogP contribution in [-0.4, -0.2) is 36.1 Å². The zero-order valence-corrected chi connectivity index (χ0v) is 12.6. The Bertz CT molecular complexity index is 832. The Morgan fingerprint density at radius 1 is 1.09 bits per heavy atom. The van der Waals surface area contributed by atoms with Crippen molar-refractivity contribution in [1.29, 1.82) is 0 Å². The van der Waals surface area contributed by atoms with Gasteiger partial charge < -0.3 is 10.2 Å². The molecule has 3 rings (SSSR count). The van der Waals surface area contributed by atoms with Crippen molar-refractivity contribution in [2.75, 3.05) is 31.4 Å². The van der Waals surface area contributed by atoms with Gasteiger partial charge in [0.2, 0.25) is 0 Å². The fourth-order valence-corrected chi connectivity index (χ4v) is 2.32. The first-order chi connectivity index (χ1) is 10.6. The summed E-state index contributed by atoms with van der Waals surface area (Å²) in [7, 11) is 5.39. The number of hydrogen-bond donors (Lipinski definition) is 1. The van der Waals surface area contributed by atoms with Gasteiger partial charge in [-0.15, -0.1) is 0 Å². The molecule has 22 heavy (non-hydrogen) atoms. The summed E-state index contributed by atoms with van der Waals surface area (Å²) in [6.45, 7) is 0. The van der Waals surface area contributed by atoms with Crippen molar-refractivity contribution in [3.63, 3.8) is 0 Å². The van der Waals surface area contributed by atoms with Crippen LogP contribution >= 0.6 is 0 Å². The molecule has 0 unspecified atom stereocenters. The van der Waals surface area contributed by atoms with Crippen LogP contribution in [0, 0.1) is 5.82 Å². The first-order valence-electron chi connectivity index (χ1n) is 6.87. The van der Waals surface area contributed by atoms with Gasteiger partial charge in [0.15, 0.2) is 5.82 Å². The molecule has 3 aromatic rings. The molecule has 0 radical (unpaired) electrons. The Labute approximate surface area is 127 Å². The van der Waals surface area contributed by atoms with Crippen molar-refractivity contribution in [1.82, 2.24) is 15.0 Å². The molecule has 0 spiro atoms. The molecule has 0 aliphatic rings. The molecule has 2 heterocycles. The molecule has 1 N–H and O–H groups in total. The van der Waals surface area contributed by atoms with Crippen molar-refractivity contribution < 1.29 is 4.39 Å². The summed E-state index contributed by atoms with van der Waals surface area (Å²) in [5.74, 6) is 0.340. The molecule has 0 bridgehead atoms. The quantitative estimate of drug-likeness (QED) is 0.805. The molecule has 5 nitrogen and oxygen atoms in total. The van der Waals surface area contributed by atoms with E-state index in [4.69, 9.17) is 0 Å². The number of rotatable bonds is 3. The van der Waals surface area contributed by atoms with Gasteiger partial charge in [-0.25, -0.2) is 14.4 Å². The predicted octanol–water partition coefficient (Wildman–Crippen LogP) is 2.94. The zero-order valence-electron chi connectivity index (χ0n) is 12.6. The maximum Gasteiger partial charge on any atom is 0.154 e. The molecule has 0 fully saturated rings. The maximum absolute atomic E-state index is 14.2. The van der Waals surface area contributed by atoms with E-state index < -0.39 is 0 Å². The van der Waals surface area contributed by atoms with Gasteiger partial charge in [0.25, 0.3) is 0 Å². The molecule has 0 saturated carbocycles. The maximum atomic E-state index is 14.2. The highest BCUT2D eigenvalue weighted by Gasteiger charge is 2.11. The van der Waals surface area contributed by atoms with Gasteiger partial charge in [0.1, 0.15) is 11.3 Å². The van der Waals surface area contributed by atoms with Crippen LogP contribution in [-0.2, 0) is 0 Å². The average molecular weight is 297 g/mol. The number of aromatic nitrogens is 3. The number of anilines is 2. The molecular weight excluding hydrogens is 281 g/mol. The van der Waals surface area contributed by atoms with Crippen molar-refractivity contribution in [3.8, 4) is 11.3 Å². The minimum Gasteiger partial charge on any atom is -0.375 e. The number of nitrogens with one attached hydrogen (secondary N) is 1. The second kappa shape index (κ2) is 5.55. The SMILES string of the molecule is CNc1nc(-c2ccc(N(C)C)c(F)c2)cc2nccnc12. The Balaban J connectivity index is 2.16. The molecule has 1 aromatic carbocycles. The summed E-state index contributed by atoms with van der Waals surface area (Å²) in [5.41, 5.74) is 3.31. The summed E-state index contributed by atoms with van der Waals surface area (Å²) in [6.07, 6.45) is 3.25. The summed E-state index contributed by atoms with van der Waals surface area (Å²) in [4.78, 5) is 14.8. The Morgan fingerprint density at radius 3 is 2.55 bits per heavy atom. The lowest BCUT2D eigenvalue weighted by molar-refractivity contribution is 0.626. The van der Waals surface area contributed by atoms with Crippen molar-refractivity contribution in [3.05, 3.63) is 42.5 Å². The predicted molar refractivity (Wildman–Crippen MR) is 86.6 cm³/mol. The molecule has 2 aromatic heterocycles. The highest BCUT2D eigenvalue weighted by Crippen LogP contribution is 2.28. The van der Waals surface area contributed by atoms with Crippen molar-refractivity contribution >= 4 is 22.5 Å². The van der Waals surface area contributed by atoms with Gasteiger partial charge in [-0.05, 0) is 18.2 Å². The normalized spacial score (nSPS) is 10.7. The monoisotopic (exact) mass is 297 g/mol. The molecule has 0 amide bonds. The van der Waals surface area contributed by atoms with E-state index in [-0.39, 0.29) is 5.82 Å². The molecule has 0 aliphatic carbocycles. The molecular formula is C16H16FN5. The lowest BCUT2D eigenvalue weighted by Crippen LogP contribution is -2.10. The van der Waals surface area contributed by atoms with E-state index in [0.717, 1.165) is 0 Å². The van der Waals surface area contributed by atoms with Crippen LogP contribution in [0.3, 0.4) is 0 Å². The van der Waals surface area contributed by atoms with E-state index in [9.17, 15) is 4.39 Å². The fraction of sp³-hybridized carbons (Fsp3) is 0.188. The first kappa shape index (κ1) is 14.2. The number of nitrogens with zero attached hydrogens (tertiary/aromatic N) is 4. The third-order valence-corrected chi connectivity index (χ3v) is 3.42. The summed E-state index contributed by atoms with van der Waals surface area (Å²) in [6, 6.07) is 6.89. The molecule has 0 saturated heterocycles. The van der Waals surface area contributed by atoms with Gasteiger partial charge in [-0.1, -0.05) is 6.07 Å². The van der Waals surface area contributed by atoms with Crippen molar-refractivity contribution in [2.24, 2.45) is 0 Å². The number of benzene rings is 1. The van der Waals surface area contributed by atoms with Crippen LogP contribution in [0.15, 0.2) is 36.7 Å². The van der Waals surface area contributed by atoms with Gasteiger partial charge in [0, 0.05) is 39.1 Å². The summed E-state index contributed by atoms with van der Waals surface area (Å²) >= 11 is 0. The number of halogens is 1. The molecule has 112 valence electrons. The third kappa shape index (κ3) is 2.43. The summed E-state index contributed by atoms with van der Waals surface area (Å²) < 4.78 is 14.2. The number of fused-ring (bicyclic) bond motifs is 1. The van der Waals surface area contributed by atoms with Crippen molar-refractivity contribution in [2.45, 2.75) is 0 Å². The Kier molecular flexibility index (Phi) is 3.58. The highest BCUT2D eigenvalue weighted by molar-refractivity contribution is 5.88. The van der Waals surface area contributed by atoms with E-state index in [1.807, 2.05) is 12.1 Å². The van der Waals surface area contributed by atoms with Crippen LogP contribution in [0.4, 0.5) is 15.9 Å². The average Bonchev–Trinajstić information content (AvgIpc) is 2.53. The lowest BCUT2D eigenvalue weighted by Gasteiger charge is -2.14. The number of hydrogen-bond acceptors (Lipinski definition) is 5. The van der Waals surface area contributed by atoms with E-state index >= 15 is 0 Å². The van der Waals surface area contributed by atoms with E-state index in [2.05, 4.69) is 20.3 Å². The molecule has 6 heteroatoms. The van der Waals surface area contributed by atoms with E-state index in [1.54, 1.807) is 44.5 Å². The lowest BCUT2D eigenvalue weighted by atomic mass is 10.1. The Hall–Kier alpha value is -2.76. The minimum absolute atomic E-state index is 0.283. The van der Waals surface area contributed by atoms with Crippen LogP contribution in [0.1, 0.15) is 0 Å². The zero-order chi connectivity index (χ0) is 15.7. The second-order valence-corrected chi connectivity index (χ2v) is 5.09. The smallest absolute Gasteiger partial charge is 0.154 e. The Morgan fingerprint density at radius 2 is 1.86 bits per heavy atom. The van der Waals surface area contributed by atoms with Gasteiger partial charge in [0.05, 0.1) is 16.9 Å². The third-order valence-electron chi connectivity index (χ3n) is 3.42. The second-order valence-electron chi connectivity index (χ2n) is 5.09. The topological polar surface area (TPSA) is 53.9 Å². The van der Waals surface area contributed by atoms with Crippen LogP contribution in [0.2, 0.25) is 0 Å². The standard InChI is InChI=1S/C16H16FN5/c1-18-16-15-13(19-6-7-20-15)9-12(21-16)10-4-5-14(22(2)3)11(17)8-10/h4-9H,1-3H3,(H,18,21). The highest BCUT2D eigenvalue weighted by atomic mass is 19.1. The number of pyridine rings is 1. The first-order valence-corrected chi connectivity index (χ1v) is 6.87. The van der Waals surface area contributed by atoms with Crippen LogP contribution < -0.4 is 10.2 Å². The van der Waals surface area contributed by atoms with Gasteiger partial charge in [-0.2, -0.15) is 0 Å². The molecule has 0 atom stereocenters. The largest absolute Gasteiger partial charge is 0.375 e. The fourth-order valence-electron chi connectivity index (χ4n) is 2.32. The molecule has 0 aliphatic heterocycles. The summed E-state index contributed by atoms with van der Waals surface area (Å²) in [5, 5.41) is 3.01. The van der Waals surface area contributed by atoms with E-state index in [0.29, 0.717) is 33.8 Å². The van der Waals surface area contributed by atoms with Crippen LogP contribution in [0.25, 0.3) is 22.3 Å². The van der Waals surface area contributed by atoms with Crippen LogP contribution in [0.5, 0.6) is 0 Å². The minimum atomic E-state index is -0.283.